The van der Waals surface area contributed by atoms with Crippen molar-refractivity contribution in [1.82, 2.24) is 4.90 Å². The molecule has 0 saturated carbocycles. The zero-order valence-electron chi connectivity index (χ0n) is 22.7. The minimum absolute atomic E-state index is 0.00362. The number of rotatable bonds is 3. The van der Waals surface area contributed by atoms with E-state index in [2.05, 4.69) is 21.2 Å². The van der Waals surface area contributed by atoms with Gasteiger partial charge in [-0.1, -0.05) is 65.2 Å². The van der Waals surface area contributed by atoms with E-state index in [9.17, 15) is 18.8 Å². The number of methoxy groups -OCH3 is 1. The van der Waals surface area contributed by atoms with E-state index in [0.717, 1.165) is 17.5 Å². The van der Waals surface area contributed by atoms with E-state index < -0.39 is 11.8 Å². The molecule has 2 heterocycles. The van der Waals surface area contributed by atoms with E-state index in [0.29, 0.717) is 51.8 Å². The number of hydrogen-bond acceptors (Lipinski definition) is 4. The maximum absolute atomic E-state index is 14.9. The Kier molecular flexibility index (Phi) is 8.61. The molecule has 0 aromatic heterocycles. The molecule has 3 aromatic carbocycles. The normalized spacial score (nSPS) is 19.3. The molecular weight excluding hydrogens is 611 g/mol. The van der Waals surface area contributed by atoms with Gasteiger partial charge in [0.25, 0.3) is 0 Å². The van der Waals surface area contributed by atoms with Crippen LogP contribution in [0.15, 0.2) is 65.1 Å². The second kappa shape index (κ2) is 12.2. The Morgan fingerprint density at radius 3 is 2.68 bits per heavy atom. The summed E-state index contributed by atoms with van der Waals surface area (Å²) in [6, 6.07) is 15.8. The predicted octanol–water partition coefficient (Wildman–Crippen LogP) is 7.81. The van der Waals surface area contributed by atoms with Crippen molar-refractivity contribution in [3.63, 3.8) is 0 Å². The van der Waals surface area contributed by atoms with E-state index >= 15 is 0 Å². The highest BCUT2D eigenvalue weighted by Gasteiger charge is 2.31. The molecule has 0 aliphatic carbocycles. The number of hydrogen-bond donors (Lipinski definition) is 1. The topological polar surface area (TPSA) is 75.7 Å². The van der Waals surface area contributed by atoms with Gasteiger partial charge in [0.2, 0.25) is 11.8 Å². The zero-order valence-corrected chi connectivity index (χ0v) is 25.0. The van der Waals surface area contributed by atoms with Crippen molar-refractivity contribution in [2.45, 2.75) is 38.6 Å². The molecule has 2 atom stereocenters. The lowest BCUT2D eigenvalue weighted by Gasteiger charge is -2.35. The average Bonchev–Trinajstić information content (AvgIpc) is 2.97. The number of carbonyl (C=O) groups excluding carboxylic acids is 3. The number of anilines is 1. The first-order chi connectivity index (χ1) is 19.7. The Bertz CT molecular complexity index is 1570. The van der Waals surface area contributed by atoms with E-state index in [1.807, 2.05) is 42.2 Å². The molecule has 0 fully saturated rings. The van der Waals surface area contributed by atoms with Gasteiger partial charge in [0, 0.05) is 33.7 Å². The third kappa shape index (κ3) is 5.95. The minimum Gasteiger partial charge on any atom is -0.465 e. The standard InChI is InChI=1S/C32H29BrClFN2O4/c1-18-5-3-8-27(37-14-13-21(17-28(37)38)29-24(33)10-11-25(34)30(29)35)20-7-4-6-19(15-20)23-16-22(32(40)41-2)9-12-26(23)36-31(18)39/h4,6-7,9-13,15-16,18,27H,3,5,8,14,17H2,1-2H3,(H,36,39). The molecule has 2 bridgehead atoms. The van der Waals surface area contributed by atoms with Crippen LogP contribution in [0, 0.1) is 11.7 Å². The third-order valence-electron chi connectivity index (χ3n) is 7.78. The molecule has 1 N–H and O–H groups in total. The molecule has 0 radical (unpaired) electrons. The van der Waals surface area contributed by atoms with Crippen molar-refractivity contribution in [1.29, 1.82) is 0 Å². The number of amides is 2. The number of esters is 1. The second-order valence-electron chi connectivity index (χ2n) is 10.4. The van der Waals surface area contributed by atoms with Crippen LogP contribution in [-0.4, -0.2) is 36.3 Å². The van der Waals surface area contributed by atoms with Crippen LogP contribution in [0.25, 0.3) is 16.7 Å². The van der Waals surface area contributed by atoms with Crippen molar-refractivity contribution >= 4 is 56.6 Å². The van der Waals surface area contributed by atoms with Crippen LogP contribution in [0.2, 0.25) is 5.02 Å². The molecule has 212 valence electrons. The minimum atomic E-state index is -0.551. The van der Waals surface area contributed by atoms with Gasteiger partial charge < -0.3 is 15.0 Å². The maximum atomic E-state index is 14.9. The Labute approximate surface area is 251 Å². The summed E-state index contributed by atoms with van der Waals surface area (Å²) in [7, 11) is 1.32. The molecule has 2 unspecified atom stereocenters. The second-order valence-corrected chi connectivity index (χ2v) is 11.6. The molecule has 9 heteroatoms. The van der Waals surface area contributed by atoms with E-state index in [-0.39, 0.29) is 35.2 Å². The van der Waals surface area contributed by atoms with Crippen molar-refractivity contribution in [2.24, 2.45) is 5.92 Å². The average molecular weight is 640 g/mol. The Morgan fingerprint density at radius 1 is 1.12 bits per heavy atom. The van der Waals surface area contributed by atoms with Gasteiger partial charge in [-0.25, -0.2) is 9.18 Å². The lowest BCUT2D eigenvalue weighted by Crippen LogP contribution is -2.38. The first-order valence-corrected chi connectivity index (χ1v) is 14.6. The summed E-state index contributed by atoms with van der Waals surface area (Å²) >= 11 is 9.44. The van der Waals surface area contributed by atoms with Crippen LogP contribution in [0.1, 0.15) is 60.1 Å². The highest BCUT2D eigenvalue weighted by molar-refractivity contribution is 9.10. The Morgan fingerprint density at radius 2 is 1.93 bits per heavy atom. The Hall–Kier alpha value is -3.49. The smallest absolute Gasteiger partial charge is 0.337 e. The van der Waals surface area contributed by atoms with Crippen molar-refractivity contribution in [3.05, 3.63) is 92.7 Å². The molecule has 2 aliphatic heterocycles. The van der Waals surface area contributed by atoms with Crippen molar-refractivity contribution in [3.8, 4) is 11.1 Å². The van der Waals surface area contributed by atoms with E-state index in [1.54, 1.807) is 24.3 Å². The summed E-state index contributed by atoms with van der Waals surface area (Å²) in [6.07, 6.45) is 3.94. The number of nitrogens with zero attached hydrogens (tertiary/aromatic N) is 1. The van der Waals surface area contributed by atoms with Gasteiger partial charge in [-0.05, 0) is 65.9 Å². The number of benzene rings is 3. The first-order valence-electron chi connectivity index (χ1n) is 13.4. The lowest BCUT2D eigenvalue weighted by molar-refractivity contribution is -0.132. The molecule has 2 amide bonds. The SMILES string of the molecule is COC(=O)c1ccc2c(c1)-c1cccc(c1)C(N1CC=C(c3c(Br)ccc(Cl)c3F)CC1=O)CCCC(C)C(=O)N2. The van der Waals surface area contributed by atoms with Crippen LogP contribution in [0.3, 0.4) is 0 Å². The van der Waals surface area contributed by atoms with Crippen molar-refractivity contribution in [2.75, 3.05) is 19.0 Å². The van der Waals surface area contributed by atoms with Crippen LogP contribution in [0.5, 0.6) is 0 Å². The molecule has 0 spiro atoms. The number of nitrogens with one attached hydrogen (secondary N) is 1. The van der Waals surface area contributed by atoms with Gasteiger partial charge >= 0.3 is 5.97 Å². The number of ether oxygens (including phenoxy) is 1. The fourth-order valence-corrected chi connectivity index (χ4v) is 6.24. The van der Waals surface area contributed by atoms with Gasteiger partial charge in [0.1, 0.15) is 5.82 Å². The fourth-order valence-electron chi connectivity index (χ4n) is 5.52. The highest BCUT2D eigenvalue weighted by atomic mass is 79.9. The van der Waals surface area contributed by atoms with Gasteiger partial charge in [0.15, 0.2) is 0 Å². The van der Waals surface area contributed by atoms with E-state index in [1.165, 1.54) is 13.2 Å². The molecule has 6 nitrogen and oxygen atoms in total. The summed E-state index contributed by atoms with van der Waals surface area (Å²) in [4.78, 5) is 40.8. The van der Waals surface area contributed by atoms with E-state index in [4.69, 9.17) is 16.3 Å². The van der Waals surface area contributed by atoms with Gasteiger partial charge in [-0.15, -0.1) is 0 Å². The first kappa shape index (κ1) is 29.0. The molecule has 5 rings (SSSR count). The van der Waals surface area contributed by atoms with Crippen LogP contribution in [-0.2, 0) is 14.3 Å². The summed E-state index contributed by atoms with van der Waals surface area (Å²) < 4.78 is 20.4. The van der Waals surface area contributed by atoms with Gasteiger partial charge in [-0.2, -0.15) is 0 Å². The monoisotopic (exact) mass is 638 g/mol. The summed E-state index contributed by atoms with van der Waals surface area (Å²) in [5.74, 6) is -1.51. The molecule has 0 saturated heterocycles. The van der Waals surface area contributed by atoms with Crippen LogP contribution in [0.4, 0.5) is 10.1 Å². The maximum Gasteiger partial charge on any atom is 0.337 e. The van der Waals surface area contributed by atoms with Crippen LogP contribution >= 0.6 is 27.5 Å². The Balaban J connectivity index is 1.55. The number of fused-ring (bicyclic) bond motifs is 4. The largest absolute Gasteiger partial charge is 0.465 e. The lowest BCUT2D eigenvalue weighted by atomic mass is 9.90. The molecule has 41 heavy (non-hydrogen) atoms. The van der Waals surface area contributed by atoms with Crippen LogP contribution < -0.4 is 5.32 Å². The predicted molar refractivity (Wildman–Crippen MR) is 161 cm³/mol. The fraction of sp³-hybridized carbons (Fsp3) is 0.281. The zero-order chi connectivity index (χ0) is 29.3. The van der Waals surface area contributed by atoms with Crippen molar-refractivity contribution < 1.29 is 23.5 Å². The third-order valence-corrected chi connectivity index (χ3v) is 8.73. The van der Waals surface area contributed by atoms with Gasteiger partial charge in [0.05, 0.1) is 30.2 Å². The summed E-state index contributed by atoms with van der Waals surface area (Å²) in [5, 5.41) is 3.03. The number of carbonyl (C=O) groups is 3. The summed E-state index contributed by atoms with van der Waals surface area (Å²) in [6.45, 7) is 2.19. The quantitative estimate of drug-likeness (QED) is 0.234. The molecular formula is C32H29BrClFN2O4. The number of halogens is 3. The molecule has 3 aromatic rings. The molecule has 2 aliphatic rings. The summed E-state index contributed by atoms with van der Waals surface area (Å²) in [5.41, 5.74) is 4.29. The highest BCUT2D eigenvalue weighted by Crippen LogP contribution is 2.39. The van der Waals surface area contributed by atoms with Gasteiger partial charge in [-0.3, -0.25) is 9.59 Å².